The van der Waals surface area contributed by atoms with Gasteiger partial charge in [0.05, 0.1) is 6.61 Å². The lowest BCUT2D eigenvalue weighted by molar-refractivity contribution is 0.0736. The van der Waals surface area contributed by atoms with E-state index < -0.39 is 0 Å². The molecule has 0 radical (unpaired) electrons. The molecule has 2 rings (SSSR count). The maximum Gasteiger partial charge on any atom is 0.126 e. The van der Waals surface area contributed by atoms with Crippen molar-refractivity contribution >= 4 is 11.6 Å². The van der Waals surface area contributed by atoms with Crippen molar-refractivity contribution in [1.29, 1.82) is 0 Å². The van der Waals surface area contributed by atoms with Crippen LogP contribution in [-0.4, -0.2) is 30.9 Å². The molecule has 1 heterocycles. The lowest BCUT2D eigenvalue weighted by Crippen LogP contribution is -2.32. The van der Waals surface area contributed by atoms with Crippen LogP contribution in [0.25, 0.3) is 0 Å². The highest BCUT2D eigenvalue weighted by molar-refractivity contribution is 6.30. The lowest BCUT2D eigenvalue weighted by atomic mass is 10.0. The van der Waals surface area contributed by atoms with Crippen molar-refractivity contribution in [3.8, 4) is 5.75 Å². The van der Waals surface area contributed by atoms with Crippen molar-refractivity contribution in [2.45, 2.75) is 19.4 Å². The van der Waals surface area contributed by atoms with Gasteiger partial charge in [-0.15, -0.1) is 0 Å². The zero-order valence-electron chi connectivity index (χ0n) is 9.95. The van der Waals surface area contributed by atoms with Crippen LogP contribution in [0.5, 0.6) is 5.75 Å². The van der Waals surface area contributed by atoms with Gasteiger partial charge in [-0.3, -0.25) is 0 Å². The van der Waals surface area contributed by atoms with Gasteiger partial charge in [0.1, 0.15) is 11.9 Å². The maximum atomic E-state index is 9.41. The van der Waals surface area contributed by atoms with Crippen molar-refractivity contribution in [2.24, 2.45) is 5.92 Å². The zero-order valence-corrected chi connectivity index (χ0v) is 10.7. The van der Waals surface area contributed by atoms with Crippen LogP contribution in [0.2, 0.25) is 5.02 Å². The van der Waals surface area contributed by atoms with Crippen molar-refractivity contribution in [3.05, 3.63) is 28.8 Å². The molecule has 3 nitrogen and oxygen atoms in total. The van der Waals surface area contributed by atoms with Gasteiger partial charge >= 0.3 is 0 Å². The average molecular weight is 256 g/mol. The lowest BCUT2D eigenvalue weighted by Gasteiger charge is -2.23. The van der Waals surface area contributed by atoms with Gasteiger partial charge in [-0.2, -0.15) is 0 Å². The fourth-order valence-corrected chi connectivity index (χ4v) is 2.41. The van der Waals surface area contributed by atoms with Crippen LogP contribution in [0.1, 0.15) is 12.0 Å². The Bertz CT molecular complexity index is 378. The first-order chi connectivity index (χ1) is 8.20. The molecule has 0 aliphatic carbocycles. The van der Waals surface area contributed by atoms with Crippen molar-refractivity contribution in [1.82, 2.24) is 5.32 Å². The molecule has 1 aliphatic heterocycles. The second-order valence-electron chi connectivity index (χ2n) is 4.50. The van der Waals surface area contributed by atoms with Gasteiger partial charge in [0.25, 0.3) is 0 Å². The van der Waals surface area contributed by atoms with Crippen LogP contribution in [0.4, 0.5) is 0 Å². The number of benzene rings is 1. The second-order valence-corrected chi connectivity index (χ2v) is 4.94. The highest BCUT2D eigenvalue weighted by Crippen LogP contribution is 2.25. The average Bonchev–Trinajstić information content (AvgIpc) is 2.81. The molecule has 0 amide bonds. The van der Waals surface area contributed by atoms with Gasteiger partial charge in [0, 0.05) is 17.5 Å². The molecule has 1 saturated heterocycles. The van der Waals surface area contributed by atoms with E-state index in [-0.39, 0.29) is 12.7 Å². The first kappa shape index (κ1) is 12.7. The summed E-state index contributed by atoms with van der Waals surface area (Å²) in [6.45, 7) is 3.93. The van der Waals surface area contributed by atoms with Crippen molar-refractivity contribution < 1.29 is 9.84 Å². The number of ether oxygens (including phenoxy) is 1. The number of hydrogen-bond acceptors (Lipinski definition) is 3. The number of hydrogen-bond donors (Lipinski definition) is 2. The minimum atomic E-state index is -0.134. The summed E-state index contributed by atoms with van der Waals surface area (Å²) in [4.78, 5) is 0. The minimum absolute atomic E-state index is 0.0500. The number of halogens is 1. The molecule has 1 aromatic rings. The first-order valence-electron chi connectivity index (χ1n) is 5.95. The Morgan fingerprint density at radius 2 is 2.41 bits per heavy atom. The van der Waals surface area contributed by atoms with Gasteiger partial charge in [-0.25, -0.2) is 0 Å². The Morgan fingerprint density at radius 3 is 3.00 bits per heavy atom. The summed E-state index contributed by atoms with van der Waals surface area (Å²) in [6, 6.07) is 5.55. The van der Waals surface area contributed by atoms with Gasteiger partial charge in [-0.05, 0) is 43.7 Å². The number of aliphatic hydroxyl groups excluding tert-OH is 1. The molecule has 0 bridgehead atoms. The molecule has 0 saturated carbocycles. The molecule has 1 fully saturated rings. The van der Waals surface area contributed by atoms with Crippen LogP contribution in [0.15, 0.2) is 18.2 Å². The van der Waals surface area contributed by atoms with Crippen LogP contribution in [0.3, 0.4) is 0 Å². The first-order valence-corrected chi connectivity index (χ1v) is 6.33. The van der Waals surface area contributed by atoms with Crippen molar-refractivity contribution in [3.63, 3.8) is 0 Å². The molecule has 94 valence electrons. The Morgan fingerprint density at radius 1 is 1.59 bits per heavy atom. The molecule has 0 aromatic heterocycles. The third-order valence-corrected chi connectivity index (χ3v) is 3.45. The predicted molar refractivity (Wildman–Crippen MR) is 68.7 cm³/mol. The largest absolute Gasteiger partial charge is 0.487 e. The third-order valence-electron chi connectivity index (χ3n) is 3.22. The van der Waals surface area contributed by atoms with E-state index in [1.165, 1.54) is 0 Å². The molecule has 17 heavy (non-hydrogen) atoms. The summed E-state index contributed by atoms with van der Waals surface area (Å²) in [5.74, 6) is 1.19. The third kappa shape index (κ3) is 3.12. The normalized spacial score (nSPS) is 21.5. The number of aryl methyl sites for hydroxylation is 1. The summed E-state index contributed by atoms with van der Waals surface area (Å²) in [6.07, 6.45) is 0.919. The Labute approximate surface area is 107 Å². The van der Waals surface area contributed by atoms with E-state index in [0.717, 1.165) is 30.8 Å². The molecular formula is C13H18ClNO2. The fraction of sp³-hybridized carbons (Fsp3) is 0.538. The van der Waals surface area contributed by atoms with E-state index in [0.29, 0.717) is 10.9 Å². The van der Waals surface area contributed by atoms with Crippen molar-refractivity contribution in [2.75, 3.05) is 19.7 Å². The molecule has 2 N–H and O–H groups in total. The fourth-order valence-electron chi connectivity index (χ4n) is 2.19. The van der Waals surface area contributed by atoms with E-state index in [1.54, 1.807) is 0 Å². The predicted octanol–water partition coefficient (Wildman–Crippen LogP) is 2.00. The van der Waals surface area contributed by atoms with E-state index >= 15 is 0 Å². The quantitative estimate of drug-likeness (QED) is 0.865. The van der Waals surface area contributed by atoms with Crippen LogP contribution >= 0.6 is 11.6 Å². The van der Waals surface area contributed by atoms with Crippen LogP contribution < -0.4 is 10.1 Å². The smallest absolute Gasteiger partial charge is 0.126 e. The maximum absolute atomic E-state index is 9.41. The van der Waals surface area contributed by atoms with Crippen LogP contribution in [0, 0.1) is 12.8 Å². The number of aliphatic hydroxyl groups is 1. The van der Waals surface area contributed by atoms with Gasteiger partial charge in [-0.1, -0.05) is 11.6 Å². The second kappa shape index (κ2) is 5.71. The highest BCUT2D eigenvalue weighted by Gasteiger charge is 2.26. The van der Waals surface area contributed by atoms with E-state index in [4.69, 9.17) is 16.3 Å². The molecule has 1 aromatic carbocycles. The van der Waals surface area contributed by atoms with Gasteiger partial charge in [0.15, 0.2) is 0 Å². The summed E-state index contributed by atoms with van der Waals surface area (Å²) >= 11 is 5.90. The van der Waals surface area contributed by atoms with Gasteiger partial charge in [0.2, 0.25) is 0 Å². The standard InChI is InChI=1S/C13H18ClNO2/c1-9-6-11(14)2-3-12(9)17-13(8-16)10-4-5-15-7-10/h2-3,6,10,13,15-16H,4-5,7-8H2,1H3. The Balaban J connectivity index is 2.06. The van der Waals surface area contributed by atoms with Crippen LogP contribution in [-0.2, 0) is 0 Å². The Kier molecular flexibility index (Phi) is 4.26. The highest BCUT2D eigenvalue weighted by atomic mass is 35.5. The molecule has 0 spiro atoms. The monoisotopic (exact) mass is 255 g/mol. The summed E-state index contributed by atoms with van der Waals surface area (Å²) in [5.41, 5.74) is 1.00. The van der Waals surface area contributed by atoms with E-state index in [9.17, 15) is 5.11 Å². The molecule has 2 atom stereocenters. The molecule has 2 unspecified atom stereocenters. The molecular weight excluding hydrogens is 238 g/mol. The Hall–Kier alpha value is -0.770. The summed E-state index contributed by atoms with van der Waals surface area (Å²) in [7, 11) is 0. The number of rotatable bonds is 4. The topological polar surface area (TPSA) is 41.5 Å². The summed E-state index contributed by atoms with van der Waals surface area (Å²) < 4.78 is 5.88. The number of nitrogens with one attached hydrogen (secondary N) is 1. The van der Waals surface area contributed by atoms with Gasteiger partial charge < -0.3 is 15.2 Å². The van der Waals surface area contributed by atoms with E-state index in [1.807, 2.05) is 25.1 Å². The summed E-state index contributed by atoms with van der Waals surface area (Å²) in [5, 5.41) is 13.4. The molecule has 4 heteroatoms. The SMILES string of the molecule is Cc1cc(Cl)ccc1OC(CO)C1CCNC1. The van der Waals surface area contributed by atoms with E-state index in [2.05, 4.69) is 5.32 Å². The zero-order chi connectivity index (χ0) is 12.3. The molecule has 1 aliphatic rings. The minimum Gasteiger partial charge on any atom is -0.487 e.